The van der Waals surface area contributed by atoms with Crippen molar-refractivity contribution in [3.8, 4) is 67.5 Å². The molecule has 10 rings (SSSR count). The first-order valence-electron chi connectivity index (χ1n) is 17.7. The summed E-state index contributed by atoms with van der Waals surface area (Å²) in [7, 11) is 0. The van der Waals surface area contributed by atoms with E-state index in [2.05, 4.69) is 159 Å². The molecule has 0 N–H and O–H groups in total. The van der Waals surface area contributed by atoms with Crippen LogP contribution in [0.15, 0.2) is 164 Å². The molecule has 2 heterocycles. The summed E-state index contributed by atoms with van der Waals surface area (Å²) in [5.74, 6) is 2.01. The van der Waals surface area contributed by atoms with Gasteiger partial charge >= 0.3 is 0 Å². The number of nitrogens with zero attached hydrogens (tertiary/aromatic N) is 3. The molecular weight excluding hydrogens is 651 g/mol. The molecule has 0 spiro atoms. The van der Waals surface area contributed by atoms with Crippen LogP contribution in [0.1, 0.15) is 25.0 Å². The number of hydrogen-bond acceptors (Lipinski definition) is 4. The SMILES string of the molecule is CC1(C)c2cc(-c3ccccc3)ccc2-c2c(-c3nc(-c4ccccc4)nc(-c4cccc5c4sc4ccccc45)n3)cc(-c3ccccc3)cc21. The molecule has 1 aliphatic carbocycles. The maximum Gasteiger partial charge on any atom is 0.165 e. The molecule has 7 aromatic carbocycles. The Hall–Kier alpha value is -6.23. The van der Waals surface area contributed by atoms with Crippen molar-refractivity contribution in [1.29, 1.82) is 0 Å². The Morgan fingerprint density at radius 1 is 0.404 bits per heavy atom. The van der Waals surface area contributed by atoms with E-state index in [-0.39, 0.29) is 5.41 Å². The predicted octanol–water partition coefficient (Wildman–Crippen LogP) is 12.9. The quantitative estimate of drug-likeness (QED) is 0.181. The molecule has 246 valence electrons. The van der Waals surface area contributed by atoms with Gasteiger partial charge in [0.25, 0.3) is 0 Å². The van der Waals surface area contributed by atoms with Gasteiger partial charge in [0.15, 0.2) is 17.5 Å². The average Bonchev–Trinajstić information content (AvgIpc) is 3.70. The van der Waals surface area contributed by atoms with Crippen molar-refractivity contribution in [1.82, 2.24) is 15.0 Å². The molecule has 0 bridgehead atoms. The van der Waals surface area contributed by atoms with Crippen LogP contribution in [0, 0.1) is 0 Å². The summed E-state index contributed by atoms with van der Waals surface area (Å²) in [6.45, 7) is 4.70. The van der Waals surface area contributed by atoms with Gasteiger partial charge in [-0.3, -0.25) is 0 Å². The van der Waals surface area contributed by atoms with Crippen LogP contribution >= 0.6 is 11.3 Å². The fourth-order valence-corrected chi connectivity index (χ4v) is 9.10. The van der Waals surface area contributed by atoms with E-state index >= 15 is 0 Å². The van der Waals surface area contributed by atoms with Crippen molar-refractivity contribution in [2.75, 3.05) is 0 Å². The molecule has 1 aliphatic rings. The van der Waals surface area contributed by atoms with Crippen LogP contribution < -0.4 is 0 Å². The van der Waals surface area contributed by atoms with Gasteiger partial charge in [0, 0.05) is 42.3 Å². The molecule has 52 heavy (non-hydrogen) atoms. The highest BCUT2D eigenvalue weighted by Gasteiger charge is 2.38. The Kier molecular flexibility index (Phi) is 7.02. The molecule has 0 saturated heterocycles. The average molecular weight is 684 g/mol. The second-order valence-corrected chi connectivity index (χ2v) is 15.1. The standard InChI is InChI=1S/C48H33N3S/c1-48(2)40-28-33(30-15-6-3-7-16-30)25-26-37(40)43-39(27-34(29-41(43)48)31-17-8-4-9-18-31)47-50-45(32-19-10-5-11-20-32)49-46(51-47)38-23-14-22-36-35-21-12-13-24-42(35)52-44(36)38/h3-29H,1-2H3. The van der Waals surface area contributed by atoms with Crippen molar-refractivity contribution in [3.05, 3.63) is 175 Å². The normalized spacial score (nSPS) is 13.0. The summed E-state index contributed by atoms with van der Waals surface area (Å²) >= 11 is 1.80. The van der Waals surface area contributed by atoms with Crippen molar-refractivity contribution < 1.29 is 0 Å². The molecule has 0 radical (unpaired) electrons. The Balaban J connectivity index is 1.26. The van der Waals surface area contributed by atoms with Gasteiger partial charge in [0.05, 0.1) is 0 Å². The lowest BCUT2D eigenvalue weighted by Crippen LogP contribution is -2.15. The van der Waals surface area contributed by atoms with Gasteiger partial charge in [0.1, 0.15) is 0 Å². The molecular formula is C48H33N3S. The van der Waals surface area contributed by atoms with Crippen molar-refractivity contribution >= 4 is 31.5 Å². The summed E-state index contributed by atoms with van der Waals surface area (Å²) < 4.78 is 2.44. The Bertz CT molecular complexity index is 2800. The topological polar surface area (TPSA) is 38.7 Å². The van der Waals surface area contributed by atoms with Gasteiger partial charge < -0.3 is 0 Å². The Labute approximate surface area is 307 Å². The first-order chi connectivity index (χ1) is 25.5. The number of thiophene rings is 1. The molecule has 4 heteroatoms. The third-order valence-corrected chi connectivity index (χ3v) is 11.8. The minimum atomic E-state index is -0.254. The van der Waals surface area contributed by atoms with Crippen LogP contribution in [0.4, 0.5) is 0 Å². The number of fused-ring (bicyclic) bond motifs is 6. The van der Waals surface area contributed by atoms with E-state index in [1.165, 1.54) is 53.6 Å². The summed E-state index contributed by atoms with van der Waals surface area (Å²) in [5, 5.41) is 2.47. The van der Waals surface area contributed by atoms with Crippen molar-refractivity contribution in [2.45, 2.75) is 19.3 Å². The number of aromatic nitrogens is 3. The van der Waals surface area contributed by atoms with Crippen LogP contribution in [0.25, 0.3) is 87.7 Å². The zero-order valence-corrected chi connectivity index (χ0v) is 29.7. The molecule has 0 saturated carbocycles. The van der Waals surface area contributed by atoms with Crippen LogP contribution in [0.2, 0.25) is 0 Å². The number of hydrogen-bond donors (Lipinski definition) is 0. The molecule has 0 atom stereocenters. The van der Waals surface area contributed by atoms with Gasteiger partial charge in [-0.25, -0.2) is 15.0 Å². The van der Waals surface area contributed by atoms with Crippen LogP contribution in [-0.4, -0.2) is 15.0 Å². The minimum Gasteiger partial charge on any atom is -0.208 e. The highest BCUT2D eigenvalue weighted by atomic mass is 32.1. The van der Waals surface area contributed by atoms with E-state index in [4.69, 9.17) is 15.0 Å². The number of rotatable bonds is 5. The minimum absolute atomic E-state index is 0.254. The summed E-state index contributed by atoms with van der Waals surface area (Å²) in [4.78, 5) is 15.9. The zero-order chi connectivity index (χ0) is 34.8. The van der Waals surface area contributed by atoms with Gasteiger partial charge in [-0.1, -0.05) is 147 Å². The third-order valence-electron chi connectivity index (χ3n) is 10.5. The van der Waals surface area contributed by atoms with E-state index in [9.17, 15) is 0 Å². The number of benzene rings is 7. The molecule has 2 aromatic heterocycles. The molecule has 3 nitrogen and oxygen atoms in total. The van der Waals surface area contributed by atoms with E-state index < -0.39 is 0 Å². The van der Waals surface area contributed by atoms with E-state index in [1.54, 1.807) is 11.3 Å². The zero-order valence-electron chi connectivity index (χ0n) is 28.8. The Morgan fingerprint density at radius 2 is 0.981 bits per heavy atom. The molecule has 0 amide bonds. The largest absolute Gasteiger partial charge is 0.208 e. The maximum absolute atomic E-state index is 5.40. The smallest absolute Gasteiger partial charge is 0.165 e. The lowest BCUT2D eigenvalue weighted by Gasteiger charge is -2.23. The first kappa shape index (κ1) is 30.6. The third kappa shape index (κ3) is 4.90. The monoisotopic (exact) mass is 683 g/mol. The molecule has 0 unspecified atom stereocenters. The van der Waals surface area contributed by atoms with E-state index in [0.29, 0.717) is 17.5 Å². The van der Waals surface area contributed by atoms with Crippen molar-refractivity contribution in [3.63, 3.8) is 0 Å². The Morgan fingerprint density at radius 3 is 1.71 bits per heavy atom. The fourth-order valence-electron chi connectivity index (χ4n) is 7.89. The van der Waals surface area contributed by atoms with Gasteiger partial charge in [-0.05, 0) is 74.8 Å². The lowest BCUT2D eigenvalue weighted by molar-refractivity contribution is 0.661. The summed E-state index contributed by atoms with van der Waals surface area (Å²) in [6.07, 6.45) is 0. The molecule has 0 fully saturated rings. The van der Waals surface area contributed by atoms with Gasteiger partial charge in [-0.15, -0.1) is 11.3 Å². The maximum atomic E-state index is 5.40. The lowest BCUT2D eigenvalue weighted by atomic mass is 9.80. The van der Waals surface area contributed by atoms with Gasteiger partial charge in [-0.2, -0.15) is 0 Å². The highest BCUT2D eigenvalue weighted by molar-refractivity contribution is 7.26. The predicted molar refractivity (Wildman–Crippen MR) is 217 cm³/mol. The first-order valence-corrected chi connectivity index (χ1v) is 18.5. The fraction of sp³-hybridized carbons (Fsp3) is 0.0625. The summed E-state index contributed by atoms with van der Waals surface area (Å²) in [5.41, 5.74) is 12.5. The van der Waals surface area contributed by atoms with Crippen LogP contribution in [0.3, 0.4) is 0 Å². The van der Waals surface area contributed by atoms with Crippen LogP contribution in [-0.2, 0) is 5.41 Å². The second kappa shape index (κ2) is 11.9. The second-order valence-electron chi connectivity index (χ2n) is 14.0. The van der Waals surface area contributed by atoms with E-state index in [1.807, 2.05) is 18.2 Å². The van der Waals surface area contributed by atoms with E-state index in [0.717, 1.165) is 27.8 Å². The molecule has 0 aliphatic heterocycles. The summed E-state index contributed by atoms with van der Waals surface area (Å²) in [6, 6.07) is 58.3. The van der Waals surface area contributed by atoms with Gasteiger partial charge in [0.2, 0.25) is 0 Å². The molecule has 9 aromatic rings. The van der Waals surface area contributed by atoms with Crippen molar-refractivity contribution in [2.24, 2.45) is 0 Å². The highest BCUT2D eigenvalue weighted by Crippen LogP contribution is 2.54. The van der Waals surface area contributed by atoms with Crippen LogP contribution in [0.5, 0.6) is 0 Å².